The Morgan fingerprint density at radius 2 is 1.85 bits per heavy atom. The van der Waals surface area contributed by atoms with Crippen LogP contribution in [0.15, 0.2) is 66.7 Å². The minimum absolute atomic E-state index is 0.0248. The third kappa shape index (κ3) is 4.21. The molecule has 1 saturated heterocycles. The van der Waals surface area contributed by atoms with Crippen LogP contribution in [0.25, 0.3) is 11.0 Å². The van der Waals surface area contributed by atoms with E-state index in [1.807, 2.05) is 24.3 Å². The minimum atomic E-state index is -0.312. The molecule has 0 N–H and O–H groups in total. The van der Waals surface area contributed by atoms with E-state index in [9.17, 15) is 9.18 Å². The van der Waals surface area contributed by atoms with Crippen molar-refractivity contribution in [2.75, 3.05) is 18.1 Å². The molecule has 1 unspecified atom stereocenters. The third-order valence-electron chi connectivity index (χ3n) is 6.22. The summed E-state index contributed by atoms with van der Waals surface area (Å²) in [5.74, 6) is 1.43. The maximum Gasteiger partial charge on any atom is 0.227 e. The van der Waals surface area contributed by atoms with Crippen LogP contribution in [0.4, 0.5) is 10.1 Å². The van der Waals surface area contributed by atoms with Gasteiger partial charge in [-0.2, -0.15) is 0 Å². The predicted octanol–water partition coefficient (Wildman–Crippen LogP) is 5.39. The maximum absolute atomic E-state index is 13.3. The van der Waals surface area contributed by atoms with Crippen molar-refractivity contribution < 1.29 is 13.9 Å². The van der Waals surface area contributed by atoms with Gasteiger partial charge in [-0.25, -0.2) is 9.37 Å². The van der Waals surface area contributed by atoms with E-state index in [-0.39, 0.29) is 17.6 Å². The Hall–Kier alpha value is -3.67. The van der Waals surface area contributed by atoms with Crippen molar-refractivity contribution in [2.24, 2.45) is 0 Å². The number of imidazole rings is 1. The molecule has 6 heteroatoms. The average Bonchev–Trinajstić information content (AvgIpc) is 3.36. The van der Waals surface area contributed by atoms with Crippen molar-refractivity contribution in [3.05, 3.63) is 89.5 Å². The number of rotatable bonds is 6. The van der Waals surface area contributed by atoms with Gasteiger partial charge in [-0.05, 0) is 61.9 Å². The van der Waals surface area contributed by atoms with E-state index in [2.05, 4.69) is 36.6 Å². The number of aryl methyl sites for hydroxylation is 2. The lowest BCUT2D eigenvalue weighted by atomic mass is 10.1. The Labute approximate surface area is 192 Å². The fourth-order valence-electron chi connectivity index (χ4n) is 4.60. The smallest absolute Gasteiger partial charge is 0.227 e. The zero-order chi connectivity index (χ0) is 22.9. The second-order valence-corrected chi connectivity index (χ2v) is 8.61. The number of nitrogens with zero attached hydrogens (tertiary/aromatic N) is 3. The van der Waals surface area contributed by atoms with Gasteiger partial charge < -0.3 is 14.2 Å². The number of hydrogen-bond donors (Lipinski definition) is 0. The van der Waals surface area contributed by atoms with Gasteiger partial charge in [-0.15, -0.1) is 0 Å². The van der Waals surface area contributed by atoms with Crippen molar-refractivity contribution in [1.82, 2.24) is 9.55 Å². The molecule has 33 heavy (non-hydrogen) atoms. The predicted molar refractivity (Wildman–Crippen MR) is 127 cm³/mol. The van der Waals surface area contributed by atoms with Crippen LogP contribution in [0.3, 0.4) is 0 Å². The van der Waals surface area contributed by atoms with E-state index in [0.29, 0.717) is 31.8 Å². The number of ether oxygens (including phenoxy) is 1. The van der Waals surface area contributed by atoms with E-state index in [0.717, 1.165) is 28.2 Å². The second-order valence-electron chi connectivity index (χ2n) is 8.61. The highest BCUT2D eigenvalue weighted by Gasteiger charge is 2.34. The minimum Gasteiger partial charge on any atom is -0.491 e. The standard InChI is InChI=1S/C27H26FN3O2/c1-18-7-12-25(19(2)15-18)33-14-13-30-24-6-4-3-5-23(24)29-27(30)20-16-26(32)31(17-20)22-10-8-21(28)9-11-22/h3-12,15,20H,13-14,16-17H2,1-2H3. The van der Waals surface area contributed by atoms with Crippen LogP contribution < -0.4 is 9.64 Å². The van der Waals surface area contributed by atoms with Gasteiger partial charge in [0.2, 0.25) is 5.91 Å². The summed E-state index contributed by atoms with van der Waals surface area (Å²) in [4.78, 5) is 19.4. The van der Waals surface area contributed by atoms with Crippen LogP contribution in [0.5, 0.6) is 5.75 Å². The molecule has 2 heterocycles. The number of amides is 1. The van der Waals surface area contributed by atoms with Crippen LogP contribution in [0.2, 0.25) is 0 Å². The fraction of sp³-hybridized carbons (Fsp3) is 0.259. The Kier molecular flexibility index (Phi) is 5.58. The normalized spacial score (nSPS) is 16.0. The molecule has 4 aromatic rings. The van der Waals surface area contributed by atoms with E-state index >= 15 is 0 Å². The Morgan fingerprint density at radius 3 is 2.64 bits per heavy atom. The molecule has 0 saturated carbocycles. The molecule has 0 spiro atoms. The monoisotopic (exact) mass is 443 g/mol. The molecule has 1 aliphatic heterocycles. The van der Waals surface area contributed by atoms with Gasteiger partial charge in [0.1, 0.15) is 24.0 Å². The number of aromatic nitrogens is 2. The fourth-order valence-corrected chi connectivity index (χ4v) is 4.60. The molecule has 5 nitrogen and oxygen atoms in total. The van der Waals surface area contributed by atoms with Gasteiger partial charge in [-0.1, -0.05) is 29.8 Å². The van der Waals surface area contributed by atoms with Crippen molar-refractivity contribution in [1.29, 1.82) is 0 Å². The largest absolute Gasteiger partial charge is 0.491 e. The van der Waals surface area contributed by atoms with Crippen LogP contribution >= 0.6 is 0 Å². The lowest BCUT2D eigenvalue weighted by Gasteiger charge is -2.18. The zero-order valence-corrected chi connectivity index (χ0v) is 18.8. The van der Waals surface area contributed by atoms with E-state index in [4.69, 9.17) is 9.72 Å². The van der Waals surface area contributed by atoms with Crippen molar-refractivity contribution >= 4 is 22.6 Å². The van der Waals surface area contributed by atoms with E-state index in [1.165, 1.54) is 17.7 Å². The number of fused-ring (bicyclic) bond motifs is 1. The highest BCUT2D eigenvalue weighted by Crippen LogP contribution is 2.33. The molecule has 1 amide bonds. The summed E-state index contributed by atoms with van der Waals surface area (Å²) in [7, 11) is 0. The number of benzene rings is 3. The van der Waals surface area contributed by atoms with Gasteiger partial charge >= 0.3 is 0 Å². The highest BCUT2D eigenvalue weighted by atomic mass is 19.1. The van der Waals surface area contributed by atoms with Crippen LogP contribution in [-0.4, -0.2) is 28.6 Å². The topological polar surface area (TPSA) is 47.4 Å². The first-order chi connectivity index (χ1) is 16.0. The van der Waals surface area contributed by atoms with Gasteiger partial charge in [0.05, 0.1) is 17.6 Å². The number of para-hydroxylation sites is 2. The van der Waals surface area contributed by atoms with Gasteiger partial charge in [0, 0.05) is 24.6 Å². The summed E-state index contributed by atoms with van der Waals surface area (Å²) in [6, 6.07) is 20.3. The Balaban J connectivity index is 1.40. The highest BCUT2D eigenvalue weighted by molar-refractivity contribution is 5.96. The molecule has 1 atom stereocenters. The summed E-state index contributed by atoms with van der Waals surface area (Å²) < 4.78 is 21.6. The number of anilines is 1. The van der Waals surface area contributed by atoms with Crippen LogP contribution in [0.1, 0.15) is 29.3 Å². The van der Waals surface area contributed by atoms with Crippen molar-refractivity contribution in [2.45, 2.75) is 32.7 Å². The first-order valence-corrected chi connectivity index (χ1v) is 11.2. The molecule has 0 aliphatic carbocycles. The number of halogens is 1. The zero-order valence-electron chi connectivity index (χ0n) is 18.8. The Morgan fingerprint density at radius 1 is 1.06 bits per heavy atom. The maximum atomic E-state index is 13.3. The summed E-state index contributed by atoms with van der Waals surface area (Å²) in [6.07, 6.45) is 0.374. The second kappa shape index (κ2) is 8.70. The first kappa shape index (κ1) is 21.2. The van der Waals surface area contributed by atoms with Crippen LogP contribution in [-0.2, 0) is 11.3 Å². The lowest BCUT2D eigenvalue weighted by molar-refractivity contribution is -0.117. The van der Waals surface area contributed by atoms with Gasteiger partial charge in [0.25, 0.3) is 0 Å². The summed E-state index contributed by atoms with van der Waals surface area (Å²) >= 11 is 0. The first-order valence-electron chi connectivity index (χ1n) is 11.2. The van der Waals surface area contributed by atoms with Crippen LogP contribution in [0, 0.1) is 19.7 Å². The molecule has 0 bridgehead atoms. The molecule has 168 valence electrons. The van der Waals surface area contributed by atoms with Gasteiger partial charge in [-0.3, -0.25) is 4.79 Å². The number of hydrogen-bond acceptors (Lipinski definition) is 3. The van der Waals surface area contributed by atoms with Crippen molar-refractivity contribution in [3.8, 4) is 5.75 Å². The molecule has 3 aromatic carbocycles. The lowest BCUT2D eigenvalue weighted by Crippen LogP contribution is -2.24. The molecule has 1 aliphatic rings. The van der Waals surface area contributed by atoms with E-state index in [1.54, 1.807) is 17.0 Å². The molecular weight excluding hydrogens is 417 g/mol. The number of carbonyl (C=O) groups is 1. The molecule has 1 fully saturated rings. The molecule has 1 aromatic heterocycles. The summed E-state index contributed by atoms with van der Waals surface area (Å²) in [5.41, 5.74) is 4.97. The molecule has 0 radical (unpaired) electrons. The SMILES string of the molecule is Cc1ccc(OCCn2c(C3CC(=O)N(c4ccc(F)cc4)C3)nc3ccccc32)c(C)c1. The summed E-state index contributed by atoms with van der Waals surface area (Å²) in [6.45, 7) is 5.77. The number of carbonyl (C=O) groups excluding carboxylic acids is 1. The van der Waals surface area contributed by atoms with Gasteiger partial charge in [0.15, 0.2) is 0 Å². The molecule has 5 rings (SSSR count). The Bertz CT molecular complexity index is 1310. The third-order valence-corrected chi connectivity index (χ3v) is 6.22. The van der Waals surface area contributed by atoms with Crippen molar-refractivity contribution in [3.63, 3.8) is 0 Å². The summed E-state index contributed by atoms with van der Waals surface area (Å²) in [5, 5.41) is 0. The average molecular weight is 444 g/mol. The molecular formula is C27H26FN3O2. The quantitative estimate of drug-likeness (QED) is 0.401. The van der Waals surface area contributed by atoms with E-state index < -0.39 is 0 Å².